The lowest BCUT2D eigenvalue weighted by Gasteiger charge is -2.53. The van der Waals surface area contributed by atoms with Gasteiger partial charge in [-0.2, -0.15) is 0 Å². The summed E-state index contributed by atoms with van der Waals surface area (Å²) in [7, 11) is 1.96. The van der Waals surface area contributed by atoms with Gasteiger partial charge in [0.05, 0.1) is 6.04 Å². The fourth-order valence-corrected chi connectivity index (χ4v) is 4.28. The normalized spacial score (nSPS) is 25.8. The number of benzene rings is 1. The Morgan fingerprint density at radius 2 is 1.88 bits per heavy atom. The fourth-order valence-electron chi connectivity index (χ4n) is 4.04. The highest BCUT2D eigenvalue weighted by Crippen LogP contribution is 2.46. The molecule has 126 valence electrons. The van der Waals surface area contributed by atoms with Gasteiger partial charge in [-0.25, -0.2) is 4.79 Å². The lowest BCUT2D eigenvalue weighted by molar-refractivity contribution is -0.147. The zero-order chi connectivity index (χ0) is 17.1. The number of barbiturate groups is 1. The third-order valence-electron chi connectivity index (χ3n) is 5.28. The van der Waals surface area contributed by atoms with Crippen LogP contribution in [0, 0.1) is 5.41 Å². The van der Waals surface area contributed by atoms with Crippen LogP contribution in [0.25, 0.3) is 0 Å². The van der Waals surface area contributed by atoms with Crippen LogP contribution in [0.3, 0.4) is 0 Å². The molecule has 0 unspecified atom stereocenters. The zero-order valence-corrected chi connectivity index (χ0v) is 13.9. The Hall–Kier alpha value is -2.12. The van der Waals surface area contributed by atoms with Crippen molar-refractivity contribution in [3.8, 4) is 0 Å². The van der Waals surface area contributed by atoms with Gasteiger partial charge in [-0.1, -0.05) is 17.7 Å². The minimum Gasteiger partial charge on any atom is -0.364 e. The van der Waals surface area contributed by atoms with Gasteiger partial charge in [0.1, 0.15) is 0 Å². The molecule has 0 saturated carbocycles. The van der Waals surface area contributed by atoms with Gasteiger partial charge in [-0.3, -0.25) is 20.2 Å². The molecule has 3 aliphatic heterocycles. The Morgan fingerprint density at radius 1 is 1.17 bits per heavy atom. The van der Waals surface area contributed by atoms with Crippen LogP contribution in [0.1, 0.15) is 5.56 Å². The van der Waals surface area contributed by atoms with Gasteiger partial charge in [-0.05, 0) is 24.7 Å². The number of fused-ring (bicyclic) bond motifs is 4. The van der Waals surface area contributed by atoms with Crippen molar-refractivity contribution in [2.75, 3.05) is 31.6 Å². The van der Waals surface area contributed by atoms with Crippen molar-refractivity contribution < 1.29 is 14.4 Å². The molecule has 8 heteroatoms. The van der Waals surface area contributed by atoms with E-state index in [0.29, 0.717) is 18.1 Å². The minimum absolute atomic E-state index is 0.183. The lowest BCUT2D eigenvalue weighted by Crippen LogP contribution is -2.74. The summed E-state index contributed by atoms with van der Waals surface area (Å²) in [6, 6.07) is 4.48. The second kappa shape index (κ2) is 5.19. The molecule has 0 aromatic heterocycles. The van der Waals surface area contributed by atoms with Crippen LogP contribution in [-0.4, -0.2) is 55.5 Å². The molecule has 3 aliphatic rings. The highest BCUT2D eigenvalue weighted by molar-refractivity contribution is 6.32. The van der Waals surface area contributed by atoms with Crippen LogP contribution in [0.5, 0.6) is 0 Å². The lowest BCUT2D eigenvalue weighted by atomic mass is 9.68. The predicted molar refractivity (Wildman–Crippen MR) is 87.9 cm³/mol. The largest absolute Gasteiger partial charge is 0.364 e. The molecular formula is C16H17ClN4O3. The fraction of sp³-hybridized carbons (Fsp3) is 0.438. The summed E-state index contributed by atoms with van der Waals surface area (Å²) in [4.78, 5) is 41.3. The molecule has 0 radical (unpaired) electrons. The highest BCUT2D eigenvalue weighted by Gasteiger charge is 2.60. The monoisotopic (exact) mass is 348 g/mol. The van der Waals surface area contributed by atoms with E-state index in [1.165, 1.54) is 0 Å². The van der Waals surface area contributed by atoms with E-state index in [4.69, 9.17) is 11.6 Å². The molecule has 7 nitrogen and oxygen atoms in total. The molecule has 2 saturated heterocycles. The Labute approximate surface area is 143 Å². The summed E-state index contributed by atoms with van der Waals surface area (Å²) in [5.74, 6) is -1.10. The second-order valence-corrected chi connectivity index (χ2v) is 7.00. The SMILES string of the molecule is CN1CCN2c3cccc(Cl)c3CC3(C(=O)NC(=O)NC3=O)[C@H]2C1. The van der Waals surface area contributed by atoms with E-state index < -0.39 is 23.3 Å². The van der Waals surface area contributed by atoms with E-state index in [-0.39, 0.29) is 12.5 Å². The molecule has 0 bridgehead atoms. The second-order valence-electron chi connectivity index (χ2n) is 6.59. The van der Waals surface area contributed by atoms with Crippen molar-refractivity contribution in [1.29, 1.82) is 0 Å². The Kier molecular flexibility index (Phi) is 3.33. The predicted octanol–water partition coefficient (Wildman–Crippen LogP) is 0.369. The molecular weight excluding hydrogens is 332 g/mol. The number of carbonyl (C=O) groups excluding carboxylic acids is 3. The van der Waals surface area contributed by atoms with Crippen LogP contribution in [0.15, 0.2) is 18.2 Å². The van der Waals surface area contributed by atoms with Gasteiger partial charge in [0, 0.05) is 36.8 Å². The number of piperazine rings is 1. The molecule has 4 amide bonds. The number of imide groups is 2. The van der Waals surface area contributed by atoms with Gasteiger partial charge < -0.3 is 9.80 Å². The van der Waals surface area contributed by atoms with Crippen LogP contribution >= 0.6 is 11.6 Å². The molecule has 3 heterocycles. The number of halogens is 1. The first kappa shape index (κ1) is 15.4. The molecule has 1 aromatic carbocycles. The van der Waals surface area contributed by atoms with Crippen molar-refractivity contribution in [1.82, 2.24) is 15.5 Å². The summed E-state index contributed by atoms with van der Waals surface area (Å²) in [5, 5.41) is 5.07. The number of anilines is 1. The van der Waals surface area contributed by atoms with Crippen molar-refractivity contribution in [3.63, 3.8) is 0 Å². The van der Waals surface area contributed by atoms with E-state index in [1.807, 2.05) is 19.2 Å². The van der Waals surface area contributed by atoms with Crippen molar-refractivity contribution in [3.05, 3.63) is 28.8 Å². The third-order valence-corrected chi connectivity index (χ3v) is 5.63. The van der Waals surface area contributed by atoms with E-state index in [9.17, 15) is 14.4 Å². The number of hydrogen-bond acceptors (Lipinski definition) is 5. The topological polar surface area (TPSA) is 81.8 Å². The summed E-state index contributed by atoms with van der Waals surface area (Å²) in [6.07, 6.45) is 0.183. The number of nitrogens with zero attached hydrogens (tertiary/aromatic N) is 2. The van der Waals surface area contributed by atoms with Crippen LogP contribution < -0.4 is 15.5 Å². The number of carbonyl (C=O) groups is 3. The summed E-state index contributed by atoms with van der Waals surface area (Å²) >= 11 is 6.36. The first-order valence-electron chi connectivity index (χ1n) is 7.83. The quantitative estimate of drug-likeness (QED) is 0.662. The molecule has 4 rings (SSSR count). The van der Waals surface area contributed by atoms with Crippen molar-refractivity contribution in [2.24, 2.45) is 5.41 Å². The number of nitrogens with one attached hydrogen (secondary N) is 2. The standard InChI is InChI=1S/C16H17ClN4O3/c1-20-5-6-21-11-4-2-3-10(17)9(11)7-16(12(21)8-20)13(22)18-15(24)19-14(16)23/h2-4,12H,5-8H2,1H3,(H2,18,19,22,23,24)/t12-/m1/s1. The van der Waals surface area contributed by atoms with E-state index >= 15 is 0 Å². The Morgan fingerprint density at radius 3 is 2.58 bits per heavy atom. The molecule has 2 N–H and O–H groups in total. The van der Waals surface area contributed by atoms with Crippen LogP contribution in [0.4, 0.5) is 10.5 Å². The third kappa shape index (κ3) is 1.98. The molecule has 2 fully saturated rings. The first-order valence-corrected chi connectivity index (χ1v) is 8.21. The Bertz CT molecular complexity index is 746. The van der Waals surface area contributed by atoms with Crippen molar-refractivity contribution >= 4 is 35.1 Å². The van der Waals surface area contributed by atoms with Crippen LogP contribution in [0.2, 0.25) is 5.02 Å². The van der Waals surface area contributed by atoms with E-state index in [0.717, 1.165) is 17.8 Å². The average molecular weight is 349 g/mol. The smallest absolute Gasteiger partial charge is 0.328 e. The molecule has 0 aliphatic carbocycles. The Balaban J connectivity index is 1.91. The summed E-state index contributed by atoms with van der Waals surface area (Å²) in [5.41, 5.74) is 0.379. The maximum atomic E-state index is 12.8. The molecule has 1 atom stereocenters. The molecule has 1 spiro atoms. The van der Waals surface area contributed by atoms with Gasteiger partial charge >= 0.3 is 6.03 Å². The summed E-state index contributed by atoms with van der Waals surface area (Å²) < 4.78 is 0. The van der Waals surface area contributed by atoms with Gasteiger partial charge in [0.15, 0.2) is 5.41 Å². The average Bonchev–Trinajstić information content (AvgIpc) is 2.52. The molecule has 1 aromatic rings. The minimum atomic E-state index is -1.36. The maximum Gasteiger partial charge on any atom is 0.328 e. The zero-order valence-electron chi connectivity index (χ0n) is 13.1. The number of hydrogen-bond donors (Lipinski definition) is 2. The summed E-state index contributed by atoms with van der Waals surface area (Å²) in [6.45, 7) is 2.06. The van der Waals surface area contributed by atoms with Gasteiger partial charge in [-0.15, -0.1) is 0 Å². The molecule has 24 heavy (non-hydrogen) atoms. The van der Waals surface area contributed by atoms with Crippen molar-refractivity contribution in [2.45, 2.75) is 12.5 Å². The number of rotatable bonds is 0. The van der Waals surface area contributed by atoms with E-state index in [1.54, 1.807) is 6.07 Å². The van der Waals surface area contributed by atoms with Gasteiger partial charge in [0.2, 0.25) is 11.8 Å². The maximum absolute atomic E-state index is 12.8. The van der Waals surface area contributed by atoms with Crippen LogP contribution in [-0.2, 0) is 16.0 Å². The highest BCUT2D eigenvalue weighted by atomic mass is 35.5. The first-order chi connectivity index (χ1) is 11.4. The number of likely N-dealkylation sites (N-methyl/N-ethyl adjacent to an activating group) is 1. The van der Waals surface area contributed by atoms with Gasteiger partial charge in [0.25, 0.3) is 0 Å². The van der Waals surface area contributed by atoms with E-state index in [2.05, 4.69) is 20.4 Å². The number of urea groups is 1. The number of amides is 4.